The number of nitrogens with zero attached hydrogens (tertiary/aromatic N) is 1. The topological polar surface area (TPSA) is 63.9 Å². The molecule has 0 saturated carbocycles. The summed E-state index contributed by atoms with van der Waals surface area (Å²) in [5, 5.41) is 0.635. The molecule has 1 aromatic carbocycles. The lowest BCUT2D eigenvalue weighted by atomic mass is 10.3. The number of H-pyrrole nitrogens is 1. The number of imidazole rings is 1. The molecule has 0 aliphatic heterocycles. The second-order valence-electron chi connectivity index (χ2n) is 3.83. The van der Waals surface area contributed by atoms with Crippen LogP contribution in [-0.4, -0.2) is 35.1 Å². The van der Waals surface area contributed by atoms with Crippen LogP contribution in [0.5, 0.6) is 0 Å². The van der Waals surface area contributed by atoms with Gasteiger partial charge in [0.1, 0.15) is 6.61 Å². The van der Waals surface area contributed by atoms with Crippen molar-refractivity contribution in [3.05, 3.63) is 18.2 Å². The highest BCUT2D eigenvalue weighted by atomic mass is 32.2. The van der Waals surface area contributed by atoms with E-state index >= 15 is 0 Å². The largest absolute Gasteiger partial charge is 0.411 e. The first-order chi connectivity index (χ1) is 8.94. The van der Waals surface area contributed by atoms with Gasteiger partial charge >= 0.3 is 6.18 Å². The van der Waals surface area contributed by atoms with Crippen LogP contribution < -0.4 is 5.73 Å². The fourth-order valence-corrected chi connectivity index (χ4v) is 2.20. The van der Waals surface area contributed by atoms with Crippen molar-refractivity contribution in [3.63, 3.8) is 0 Å². The zero-order valence-electron chi connectivity index (χ0n) is 9.83. The number of hydrogen-bond acceptors (Lipinski definition) is 4. The molecule has 0 aliphatic carbocycles. The number of halogens is 3. The second-order valence-corrected chi connectivity index (χ2v) is 4.92. The predicted molar refractivity (Wildman–Crippen MR) is 68.1 cm³/mol. The van der Waals surface area contributed by atoms with E-state index in [2.05, 4.69) is 14.7 Å². The molecule has 0 amide bonds. The highest BCUT2D eigenvalue weighted by molar-refractivity contribution is 7.99. The molecular weight excluding hydrogens is 279 g/mol. The van der Waals surface area contributed by atoms with E-state index < -0.39 is 12.8 Å². The van der Waals surface area contributed by atoms with Crippen molar-refractivity contribution < 1.29 is 17.9 Å². The lowest BCUT2D eigenvalue weighted by Gasteiger charge is -2.06. The molecule has 2 rings (SSSR count). The molecule has 0 saturated heterocycles. The van der Waals surface area contributed by atoms with Gasteiger partial charge in [-0.15, -0.1) is 0 Å². The van der Waals surface area contributed by atoms with Gasteiger partial charge in [0.15, 0.2) is 5.16 Å². The van der Waals surface area contributed by atoms with E-state index in [-0.39, 0.29) is 6.61 Å². The Morgan fingerprint density at radius 2 is 2.16 bits per heavy atom. The first-order valence-corrected chi connectivity index (χ1v) is 6.45. The Morgan fingerprint density at radius 1 is 1.37 bits per heavy atom. The van der Waals surface area contributed by atoms with Crippen molar-refractivity contribution in [2.45, 2.75) is 11.3 Å². The summed E-state index contributed by atoms with van der Waals surface area (Å²) in [6.45, 7) is -1.20. The van der Waals surface area contributed by atoms with Crippen LogP contribution in [0.1, 0.15) is 0 Å². The number of fused-ring (bicyclic) bond motifs is 1. The summed E-state index contributed by atoms with van der Waals surface area (Å²) in [6, 6.07) is 5.28. The van der Waals surface area contributed by atoms with E-state index in [1.165, 1.54) is 11.8 Å². The van der Waals surface area contributed by atoms with Crippen LogP contribution in [-0.2, 0) is 4.74 Å². The Labute approximate surface area is 111 Å². The fourth-order valence-electron chi connectivity index (χ4n) is 1.46. The van der Waals surface area contributed by atoms with Gasteiger partial charge in [-0.3, -0.25) is 0 Å². The van der Waals surface area contributed by atoms with E-state index in [0.717, 1.165) is 11.0 Å². The molecule has 104 valence electrons. The fraction of sp³-hybridized carbons (Fsp3) is 0.364. The van der Waals surface area contributed by atoms with Gasteiger partial charge in [-0.05, 0) is 18.2 Å². The molecule has 0 spiro atoms. The molecule has 2 aromatic rings. The molecule has 19 heavy (non-hydrogen) atoms. The van der Waals surface area contributed by atoms with Crippen molar-refractivity contribution in [3.8, 4) is 0 Å². The van der Waals surface area contributed by atoms with Gasteiger partial charge in [0.05, 0.1) is 17.6 Å². The van der Waals surface area contributed by atoms with Crippen molar-refractivity contribution in [2.24, 2.45) is 0 Å². The number of aromatic nitrogens is 2. The van der Waals surface area contributed by atoms with Gasteiger partial charge in [0.2, 0.25) is 0 Å². The van der Waals surface area contributed by atoms with E-state index in [9.17, 15) is 13.2 Å². The highest BCUT2D eigenvalue weighted by Crippen LogP contribution is 2.21. The number of alkyl halides is 3. The van der Waals surface area contributed by atoms with Crippen LogP contribution in [0.25, 0.3) is 11.0 Å². The average Bonchev–Trinajstić information content (AvgIpc) is 2.68. The zero-order chi connectivity index (χ0) is 13.9. The molecule has 0 unspecified atom stereocenters. The lowest BCUT2D eigenvalue weighted by Crippen LogP contribution is -2.17. The van der Waals surface area contributed by atoms with Crippen LogP contribution >= 0.6 is 11.8 Å². The molecule has 0 fully saturated rings. The Kier molecular flexibility index (Phi) is 4.20. The predicted octanol–water partition coefficient (Wildman–Crippen LogP) is 2.82. The first-order valence-electron chi connectivity index (χ1n) is 5.46. The Balaban J connectivity index is 1.82. The van der Waals surface area contributed by atoms with Crippen LogP contribution in [0.15, 0.2) is 23.4 Å². The Bertz CT molecular complexity index is 556. The van der Waals surface area contributed by atoms with E-state index in [4.69, 9.17) is 5.73 Å². The second kappa shape index (κ2) is 5.70. The molecule has 0 bridgehead atoms. The number of aromatic amines is 1. The van der Waals surface area contributed by atoms with Crippen LogP contribution in [0, 0.1) is 0 Å². The third-order valence-corrected chi connectivity index (χ3v) is 3.05. The standard InChI is InChI=1S/C11H12F3N3OS/c12-11(13,14)6-18-3-4-19-10-16-8-2-1-7(15)5-9(8)17-10/h1-2,5H,3-4,6,15H2,(H,16,17). The number of anilines is 1. The van der Waals surface area contributed by atoms with E-state index in [0.29, 0.717) is 16.6 Å². The van der Waals surface area contributed by atoms with Gasteiger partial charge < -0.3 is 15.5 Å². The number of ether oxygens (including phenoxy) is 1. The third-order valence-electron chi connectivity index (χ3n) is 2.22. The van der Waals surface area contributed by atoms with Crippen LogP contribution in [0.2, 0.25) is 0 Å². The van der Waals surface area contributed by atoms with Gasteiger partial charge in [0, 0.05) is 11.4 Å². The number of hydrogen-bond donors (Lipinski definition) is 2. The Morgan fingerprint density at radius 3 is 2.89 bits per heavy atom. The molecular formula is C11H12F3N3OS. The lowest BCUT2D eigenvalue weighted by molar-refractivity contribution is -0.172. The van der Waals surface area contributed by atoms with Crippen molar-refractivity contribution in [1.82, 2.24) is 9.97 Å². The number of thioether (sulfide) groups is 1. The maximum absolute atomic E-state index is 11.8. The molecule has 1 aromatic heterocycles. The highest BCUT2D eigenvalue weighted by Gasteiger charge is 2.27. The summed E-state index contributed by atoms with van der Waals surface area (Å²) in [4.78, 5) is 7.31. The van der Waals surface area contributed by atoms with Crippen molar-refractivity contribution in [1.29, 1.82) is 0 Å². The number of nitrogens with two attached hydrogens (primary N) is 1. The van der Waals surface area contributed by atoms with Gasteiger partial charge in [-0.2, -0.15) is 13.2 Å². The summed E-state index contributed by atoms with van der Waals surface area (Å²) < 4.78 is 40.0. The number of nitrogen functional groups attached to an aromatic ring is 1. The van der Waals surface area contributed by atoms with Gasteiger partial charge in [0.25, 0.3) is 0 Å². The molecule has 4 nitrogen and oxygen atoms in total. The average molecular weight is 291 g/mol. The summed E-state index contributed by atoms with van der Waals surface area (Å²) in [6.07, 6.45) is -4.28. The maximum atomic E-state index is 11.8. The zero-order valence-corrected chi connectivity index (χ0v) is 10.6. The Hall–Kier alpha value is -1.41. The summed E-state index contributed by atoms with van der Waals surface area (Å²) in [5.41, 5.74) is 7.83. The molecule has 1 heterocycles. The molecule has 8 heteroatoms. The number of rotatable bonds is 5. The number of nitrogens with one attached hydrogen (secondary N) is 1. The van der Waals surface area contributed by atoms with Gasteiger partial charge in [-0.25, -0.2) is 4.98 Å². The van der Waals surface area contributed by atoms with Crippen LogP contribution in [0.3, 0.4) is 0 Å². The SMILES string of the molecule is Nc1ccc2nc(SCCOCC(F)(F)F)[nH]c2c1. The van der Waals surface area contributed by atoms with E-state index in [1.54, 1.807) is 18.2 Å². The van der Waals surface area contributed by atoms with Crippen LogP contribution in [0.4, 0.5) is 18.9 Å². The summed E-state index contributed by atoms with van der Waals surface area (Å²) in [7, 11) is 0. The van der Waals surface area contributed by atoms with Gasteiger partial charge in [-0.1, -0.05) is 11.8 Å². The minimum absolute atomic E-state index is 0.0172. The third kappa shape index (κ3) is 4.32. The number of benzene rings is 1. The monoisotopic (exact) mass is 291 g/mol. The minimum atomic E-state index is -4.28. The normalized spacial score (nSPS) is 12.2. The first kappa shape index (κ1) is 14.0. The maximum Gasteiger partial charge on any atom is 0.411 e. The molecule has 0 aliphatic rings. The smallest absolute Gasteiger partial charge is 0.399 e. The van der Waals surface area contributed by atoms with Crippen molar-refractivity contribution >= 4 is 28.5 Å². The van der Waals surface area contributed by atoms with Crippen molar-refractivity contribution in [2.75, 3.05) is 24.7 Å². The summed E-state index contributed by atoms with van der Waals surface area (Å²) in [5.74, 6) is 0.394. The molecule has 0 atom stereocenters. The molecule has 3 N–H and O–H groups in total. The molecule has 0 radical (unpaired) electrons. The quantitative estimate of drug-likeness (QED) is 0.505. The minimum Gasteiger partial charge on any atom is -0.399 e. The summed E-state index contributed by atoms with van der Waals surface area (Å²) >= 11 is 1.30. The van der Waals surface area contributed by atoms with E-state index in [1.807, 2.05) is 0 Å².